The Hall–Kier alpha value is -1.27. The number of rotatable bonds is 5. The molecule has 1 aromatic carbocycles. The first-order chi connectivity index (χ1) is 10.1. The molecule has 1 aliphatic rings. The molecule has 6 heteroatoms. The van der Waals surface area contributed by atoms with Crippen LogP contribution in [0.5, 0.6) is 5.75 Å². The van der Waals surface area contributed by atoms with E-state index in [0.717, 1.165) is 18.1 Å². The van der Waals surface area contributed by atoms with Gasteiger partial charge in [0.25, 0.3) is 0 Å². The number of hydrogen-bond acceptors (Lipinski definition) is 4. The molecule has 0 aliphatic carbocycles. The van der Waals surface area contributed by atoms with Crippen molar-refractivity contribution >= 4 is 17.7 Å². The third-order valence-corrected chi connectivity index (χ3v) is 4.60. The highest BCUT2D eigenvalue weighted by Crippen LogP contribution is 2.26. The van der Waals surface area contributed by atoms with Crippen LogP contribution in [0.15, 0.2) is 18.2 Å². The summed E-state index contributed by atoms with van der Waals surface area (Å²) in [5.74, 6) is 2.25. The van der Waals surface area contributed by atoms with Crippen molar-refractivity contribution < 1.29 is 13.9 Å². The van der Waals surface area contributed by atoms with Gasteiger partial charge in [-0.25, -0.2) is 4.39 Å². The summed E-state index contributed by atoms with van der Waals surface area (Å²) in [5, 5.41) is 6.24. The van der Waals surface area contributed by atoms with E-state index >= 15 is 0 Å². The van der Waals surface area contributed by atoms with Crippen molar-refractivity contribution in [2.75, 3.05) is 25.2 Å². The Kier molecular flexibility index (Phi) is 5.87. The number of hydrogen-bond donors (Lipinski definition) is 2. The standard InChI is InChI=1S/C15H21FN2O2S/c1-10(13-7-11(16)3-4-14(13)20-2)18-15(19)8-12-9-21-6-5-17-12/h3-4,7,10,12,17H,5-6,8-9H2,1-2H3,(H,18,19). The Morgan fingerprint density at radius 1 is 1.62 bits per heavy atom. The number of halogens is 1. The molecule has 4 nitrogen and oxygen atoms in total. The molecule has 116 valence electrons. The van der Waals surface area contributed by atoms with Gasteiger partial charge < -0.3 is 15.4 Å². The predicted octanol–water partition coefficient (Wildman–Crippen LogP) is 2.11. The number of carbonyl (C=O) groups is 1. The van der Waals surface area contributed by atoms with Crippen LogP contribution >= 0.6 is 11.8 Å². The Bertz CT molecular complexity index is 493. The highest BCUT2D eigenvalue weighted by Gasteiger charge is 2.19. The number of amides is 1. The molecular weight excluding hydrogens is 291 g/mol. The lowest BCUT2D eigenvalue weighted by atomic mass is 10.1. The largest absolute Gasteiger partial charge is 0.496 e. The van der Waals surface area contributed by atoms with Crippen molar-refractivity contribution in [3.05, 3.63) is 29.6 Å². The number of thioether (sulfide) groups is 1. The van der Waals surface area contributed by atoms with Crippen LogP contribution in [0.1, 0.15) is 24.9 Å². The summed E-state index contributed by atoms with van der Waals surface area (Å²) < 4.78 is 18.6. The molecule has 1 heterocycles. The van der Waals surface area contributed by atoms with Crippen molar-refractivity contribution in [3.8, 4) is 5.75 Å². The number of ether oxygens (including phenoxy) is 1. The Balaban J connectivity index is 1.95. The van der Waals surface area contributed by atoms with Gasteiger partial charge in [-0.1, -0.05) is 0 Å². The minimum absolute atomic E-state index is 0.0335. The quantitative estimate of drug-likeness (QED) is 0.874. The van der Waals surface area contributed by atoms with Gasteiger partial charge in [0.15, 0.2) is 0 Å². The summed E-state index contributed by atoms with van der Waals surface area (Å²) in [7, 11) is 1.54. The fourth-order valence-corrected chi connectivity index (χ4v) is 3.35. The Morgan fingerprint density at radius 3 is 3.10 bits per heavy atom. The Labute approximate surface area is 128 Å². The normalized spacial score (nSPS) is 19.9. The zero-order valence-electron chi connectivity index (χ0n) is 12.3. The lowest BCUT2D eigenvalue weighted by molar-refractivity contribution is -0.122. The van der Waals surface area contributed by atoms with E-state index in [1.807, 2.05) is 18.7 Å². The number of carbonyl (C=O) groups excluding carboxylic acids is 1. The smallest absolute Gasteiger partial charge is 0.222 e. The van der Waals surface area contributed by atoms with Crippen LogP contribution < -0.4 is 15.4 Å². The molecule has 0 radical (unpaired) electrons. The van der Waals surface area contributed by atoms with Crippen LogP contribution in [0.3, 0.4) is 0 Å². The van der Waals surface area contributed by atoms with Crippen LogP contribution in [0, 0.1) is 5.82 Å². The van der Waals surface area contributed by atoms with E-state index in [9.17, 15) is 9.18 Å². The second-order valence-corrected chi connectivity index (χ2v) is 6.26. The highest BCUT2D eigenvalue weighted by molar-refractivity contribution is 7.99. The van der Waals surface area contributed by atoms with Crippen LogP contribution in [-0.4, -0.2) is 37.1 Å². The molecule has 0 spiro atoms. The van der Waals surface area contributed by atoms with Gasteiger partial charge in [-0.05, 0) is 25.1 Å². The molecule has 0 bridgehead atoms. The minimum atomic E-state index is -0.336. The van der Waals surface area contributed by atoms with E-state index in [4.69, 9.17) is 4.74 Å². The maximum Gasteiger partial charge on any atom is 0.222 e. The molecule has 1 fully saturated rings. The average molecular weight is 312 g/mol. The zero-order chi connectivity index (χ0) is 15.2. The van der Waals surface area contributed by atoms with Crippen molar-refractivity contribution in [1.82, 2.24) is 10.6 Å². The first-order valence-corrected chi connectivity index (χ1v) is 8.19. The van der Waals surface area contributed by atoms with Gasteiger partial charge >= 0.3 is 0 Å². The molecule has 1 amide bonds. The van der Waals surface area contributed by atoms with E-state index < -0.39 is 0 Å². The van der Waals surface area contributed by atoms with Crippen LogP contribution in [0.4, 0.5) is 4.39 Å². The molecule has 1 aromatic rings. The van der Waals surface area contributed by atoms with Crippen LogP contribution in [-0.2, 0) is 4.79 Å². The van der Waals surface area contributed by atoms with E-state index in [-0.39, 0.29) is 23.8 Å². The van der Waals surface area contributed by atoms with E-state index in [2.05, 4.69) is 10.6 Å². The predicted molar refractivity (Wildman–Crippen MR) is 83.2 cm³/mol. The first-order valence-electron chi connectivity index (χ1n) is 7.04. The van der Waals surface area contributed by atoms with Gasteiger partial charge in [-0.15, -0.1) is 0 Å². The van der Waals surface area contributed by atoms with E-state index in [1.54, 1.807) is 6.07 Å². The fourth-order valence-electron chi connectivity index (χ4n) is 2.40. The number of benzene rings is 1. The third-order valence-electron chi connectivity index (χ3n) is 3.47. The lowest BCUT2D eigenvalue weighted by Gasteiger charge is -2.24. The average Bonchev–Trinajstić information content (AvgIpc) is 2.48. The summed E-state index contributed by atoms with van der Waals surface area (Å²) in [5.41, 5.74) is 0.650. The molecule has 21 heavy (non-hydrogen) atoms. The second kappa shape index (κ2) is 7.66. The molecule has 1 aliphatic heterocycles. The number of nitrogens with one attached hydrogen (secondary N) is 2. The summed E-state index contributed by atoms with van der Waals surface area (Å²) in [6.07, 6.45) is 0.439. The maximum atomic E-state index is 13.4. The maximum absolute atomic E-state index is 13.4. The molecule has 2 rings (SSSR count). The van der Waals surface area contributed by atoms with Gasteiger partial charge in [-0.3, -0.25) is 4.79 Å². The van der Waals surface area contributed by atoms with Gasteiger partial charge in [-0.2, -0.15) is 11.8 Å². The van der Waals surface area contributed by atoms with Gasteiger partial charge in [0, 0.05) is 36.1 Å². The van der Waals surface area contributed by atoms with Gasteiger partial charge in [0.1, 0.15) is 11.6 Å². The molecule has 1 saturated heterocycles. The monoisotopic (exact) mass is 312 g/mol. The molecule has 2 N–H and O–H groups in total. The van der Waals surface area contributed by atoms with Crippen LogP contribution in [0.2, 0.25) is 0 Å². The summed E-state index contributed by atoms with van der Waals surface area (Å²) in [4.78, 5) is 12.1. The molecule has 0 saturated carbocycles. The third kappa shape index (κ3) is 4.61. The van der Waals surface area contributed by atoms with Crippen LogP contribution in [0.25, 0.3) is 0 Å². The lowest BCUT2D eigenvalue weighted by Crippen LogP contribution is -2.41. The van der Waals surface area contributed by atoms with Gasteiger partial charge in [0.2, 0.25) is 5.91 Å². The fraction of sp³-hybridized carbons (Fsp3) is 0.533. The molecule has 0 aromatic heterocycles. The second-order valence-electron chi connectivity index (χ2n) is 5.11. The minimum Gasteiger partial charge on any atom is -0.496 e. The molecule has 2 atom stereocenters. The topological polar surface area (TPSA) is 50.4 Å². The summed E-state index contributed by atoms with van der Waals surface area (Å²) >= 11 is 1.86. The molecule has 2 unspecified atom stereocenters. The Morgan fingerprint density at radius 2 is 2.43 bits per heavy atom. The SMILES string of the molecule is COc1ccc(F)cc1C(C)NC(=O)CC1CSCCN1. The van der Waals surface area contributed by atoms with Crippen molar-refractivity contribution in [1.29, 1.82) is 0 Å². The van der Waals surface area contributed by atoms with E-state index in [0.29, 0.717) is 17.7 Å². The number of methoxy groups -OCH3 is 1. The summed E-state index contributed by atoms with van der Waals surface area (Å²) in [6, 6.07) is 4.25. The first kappa shape index (κ1) is 16.1. The van der Waals surface area contributed by atoms with Crippen molar-refractivity contribution in [3.63, 3.8) is 0 Å². The zero-order valence-corrected chi connectivity index (χ0v) is 13.1. The summed E-state index contributed by atoms with van der Waals surface area (Å²) in [6.45, 7) is 2.77. The highest BCUT2D eigenvalue weighted by atomic mass is 32.2. The van der Waals surface area contributed by atoms with Gasteiger partial charge in [0.05, 0.1) is 13.2 Å². The van der Waals surface area contributed by atoms with Crippen molar-refractivity contribution in [2.24, 2.45) is 0 Å². The molecular formula is C15H21FN2O2S. The van der Waals surface area contributed by atoms with Crippen molar-refractivity contribution in [2.45, 2.75) is 25.4 Å². The van der Waals surface area contributed by atoms with E-state index in [1.165, 1.54) is 19.2 Å².